The smallest absolute Gasteiger partial charge is 0.137 e. The summed E-state index contributed by atoms with van der Waals surface area (Å²) in [6.45, 7) is 8.53. The van der Waals surface area contributed by atoms with Gasteiger partial charge >= 0.3 is 0 Å². The number of nitrogens with zero attached hydrogens (tertiary/aromatic N) is 2. The van der Waals surface area contributed by atoms with Crippen molar-refractivity contribution in [3.63, 3.8) is 0 Å². The molecule has 5 heteroatoms. The highest BCUT2D eigenvalue weighted by molar-refractivity contribution is 9.10. The fourth-order valence-corrected chi connectivity index (χ4v) is 3.08. The topological polar surface area (TPSA) is 37.8 Å². The first-order valence-corrected chi connectivity index (χ1v) is 8.36. The molecular formula is C15H20BrN3S. The standard InChI is InChI=1S/C15H20BrN3S/c1-10(8-11-6-5-7-20-11)17-13-9-12(16)18-14(19-13)15(2,3)4/h5-7,9-10H,8H2,1-4H3,(H,17,18,19). The largest absolute Gasteiger partial charge is 0.367 e. The summed E-state index contributed by atoms with van der Waals surface area (Å²) < 4.78 is 0.822. The Morgan fingerprint density at radius 2 is 2.10 bits per heavy atom. The predicted molar refractivity (Wildman–Crippen MR) is 89.5 cm³/mol. The Balaban J connectivity index is 2.11. The Hall–Kier alpha value is -0.940. The minimum absolute atomic E-state index is 0.0583. The maximum absolute atomic E-state index is 4.63. The van der Waals surface area contributed by atoms with Crippen molar-refractivity contribution in [2.24, 2.45) is 0 Å². The highest BCUT2D eigenvalue weighted by Crippen LogP contribution is 2.23. The van der Waals surface area contributed by atoms with Gasteiger partial charge in [-0.1, -0.05) is 26.8 Å². The quantitative estimate of drug-likeness (QED) is 0.813. The van der Waals surface area contributed by atoms with Crippen molar-refractivity contribution >= 4 is 33.1 Å². The summed E-state index contributed by atoms with van der Waals surface area (Å²) in [7, 11) is 0. The van der Waals surface area contributed by atoms with Crippen molar-refractivity contribution in [1.29, 1.82) is 0 Å². The van der Waals surface area contributed by atoms with E-state index in [9.17, 15) is 0 Å². The highest BCUT2D eigenvalue weighted by Gasteiger charge is 2.19. The molecule has 1 unspecified atom stereocenters. The van der Waals surface area contributed by atoms with E-state index < -0.39 is 0 Å². The molecule has 0 radical (unpaired) electrons. The van der Waals surface area contributed by atoms with E-state index in [2.05, 4.69) is 76.4 Å². The average molecular weight is 354 g/mol. The third kappa shape index (κ3) is 4.28. The zero-order valence-electron chi connectivity index (χ0n) is 12.3. The average Bonchev–Trinajstić information content (AvgIpc) is 2.79. The molecule has 0 aliphatic carbocycles. The molecule has 0 amide bonds. The molecular weight excluding hydrogens is 334 g/mol. The van der Waals surface area contributed by atoms with Crippen molar-refractivity contribution in [2.75, 3.05) is 5.32 Å². The Morgan fingerprint density at radius 1 is 1.35 bits per heavy atom. The molecule has 0 aliphatic rings. The second kappa shape index (κ2) is 6.22. The Morgan fingerprint density at radius 3 is 2.70 bits per heavy atom. The van der Waals surface area contributed by atoms with Crippen LogP contribution in [0.5, 0.6) is 0 Å². The number of rotatable bonds is 4. The van der Waals surface area contributed by atoms with E-state index in [1.807, 2.05) is 6.07 Å². The van der Waals surface area contributed by atoms with E-state index in [0.717, 1.165) is 22.7 Å². The molecule has 0 spiro atoms. The predicted octanol–water partition coefficient (Wildman–Crippen LogP) is 4.64. The second-order valence-corrected chi connectivity index (χ2v) is 7.82. The third-order valence-electron chi connectivity index (χ3n) is 2.85. The molecule has 1 N–H and O–H groups in total. The lowest BCUT2D eigenvalue weighted by atomic mass is 9.96. The van der Waals surface area contributed by atoms with Crippen LogP contribution < -0.4 is 5.32 Å². The molecule has 0 aromatic carbocycles. The van der Waals surface area contributed by atoms with Gasteiger partial charge in [0.05, 0.1) is 0 Å². The molecule has 20 heavy (non-hydrogen) atoms. The van der Waals surface area contributed by atoms with Crippen LogP contribution in [0.25, 0.3) is 0 Å². The summed E-state index contributed by atoms with van der Waals surface area (Å²) >= 11 is 5.26. The molecule has 0 saturated carbocycles. The van der Waals surface area contributed by atoms with Crippen LogP contribution in [-0.2, 0) is 11.8 Å². The first-order chi connectivity index (χ1) is 9.34. The van der Waals surface area contributed by atoms with E-state index in [1.165, 1.54) is 4.88 Å². The molecule has 2 rings (SSSR count). The molecule has 0 saturated heterocycles. The van der Waals surface area contributed by atoms with Crippen molar-refractivity contribution in [3.8, 4) is 0 Å². The van der Waals surface area contributed by atoms with Crippen LogP contribution in [0.4, 0.5) is 5.82 Å². The number of thiophene rings is 1. The Kier molecular flexibility index (Phi) is 4.81. The van der Waals surface area contributed by atoms with E-state index in [1.54, 1.807) is 11.3 Å². The normalized spacial score (nSPS) is 13.2. The van der Waals surface area contributed by atoms with Gasteiger partial charge < -0.3 is 5.32 Å². The van der Waals surface area contributed by atoms with E-state index in [0.29, 0.717) is 6.04 Å². The zero-order valence-corrected chi connectivity index (χ0v) is 14.7. The SMILES string of the molecule is CC(Cc1cccs1)Nc1cc(Br)nc(C(C)(C)C)n1. The highest BCUT2D eigenvalue weighted by atomic mass is 79.9. The van der Waals surface area contributed by atoms with Crippen LogP contribution in [0.2, 0.25) is 0 Å². The molecule has 0 fully saturated rings. The molecule has 2 heterocycles. The Labute approximate surface area is 133 Å². The van der Waals surface area contributed by atoms with Crippen LogP contribution in [0, 0.1) is 0 Å². The summed E-state index contributed by atoms with van der Waals surface area (Å²) in [4.78, 5) is 10.5. The molecule has 3 nitrogen and oxygen atoms in total. The van der Waals surface area contributed by atoms with Gasteiger partial charge in [-0.05, 0) is 34.3 Å². The van der Waals surface area contributed by atoms with Crippen LogP contribution in [0.15, 0.2) is 28.2 Å². The number of aromatic nitrogens is 2. The van der Waals surface area contributed by atoms with Gasteiger partial charge in [0.1, 0.15) is 16.2 Å². The van der Waals surface area contributed by atoms with Crippen LogP contribution in [0.1, 0.15) is 38.4 Å². The lowest BCUT2D eigenvalue weighted by Crippen LogP contribution is -2.21. The minimum Gasteiger partial charge on any atom is -0.367 e. The van der Waals surface area contributed by atoms with Gasteiger partial charge in [-0.25, -0.2) is 9.97 Å². The van der Waals surface area contributed by atoms with Crippen LogP contribution in [-0.4, -0.2) is 16.0 Å². The third-order valence-corrected chi connectivity index (χ3v) is 4.15. The summed E-state index contributed by atoms with van der Waals surface area (Å²) in [6, 6.07) is 6.52. The number of nitrogens with one attached hydrogen (secondary N) is 1. The van der Waals surface area contributed by atoms with Crippen molar-refractivity contribution < 1.29 is 0 Å². The van der Waals surface area contributed by atoms with Gasteiger partial charge in [-0.3, -0.25) is 0 Å². The second-order valence-electron chi connectivity index (χ2n) is 5.98. The summed E-state index contributed by atoms with van der Waals surface area (Å²) in [5.74, 6) is 1.72. The van der Waals surface area contributed by atoms with Crippen molar-refractivity contribution in [1.82, 2.24) is 9.97 Å². The zero-order chi connectivity index (χ0) is 14.8. The Bertz CT molecular complexity index is 561. The van der Waals surface area contributed by atoms with Crippen LogP contribution in [0.3, 0.4) is 0 Å². The molecule has 0 aliphatic heterocycles. The lowest BCUT2D eigenvalue weighted by molar-refractivity contribution is 0.543. The van der Waals surface area contributed by atoms with Crippen molar-refractivity contribution in [3.05, 3.63) is 38.9 Å². The lowest BCUT2D eigenvalue weighted by Gasteiger charge is -2.19. The number of hydrogen-bond donors (Lipinski definition) is 1. The first kappa shape index (κ1) is 15.4. The fraction of sp³-hybridized carbons (Fsp3) is 0.467. The molecule has 2 aromatic heterocycles. The summed E-state index contributed by atoms with van der Waals surface area (Å²) in [5, 5.41) is 5.57. The van der Waals surface area contributed by atoms with Gasteiger partial charge in [0.15, 0.2) is 0 Å². The van der Waals surface area contributed by atoms with E-state index in [-0.39, 0.29) is 5.41 Å². The fourth-order valence-electron chi connectivity index (χ4n) is 1.86. The van der Waals surface area contributed by atoms with Gasteiger partial charge in [0.25, 0.3) is 0 Å². The molecule has 1 atom stereocenters. The van der Waals surface area contributed by atoms with Crippen LogP contribution >= 0.6 is 27.3 Å². The minimum atomic E-state index is -0.0583. The maximum atomic E-state index is 4.63. The van der Waals surface area contributed by atoms with E-state index >= 15 is 0 Å². The molecule has 2 aromatic rings. The van der Waals surface area contributed by atoms with Gasteiger partial charge in [0, 0.05) is 28.8 Å². The number of hydrogen-bond acceptors (Lipinski definition) is 4. The first-order valence-electron chi connectivity index (χ1n) is 6.68. The summed E-state index contributed by atoms with van der Waals surface area (Å²) in [5.41, 5.74) is -0.0583. The van der Waals surface area contributed by atoms with Gasteiger partial charge in [-0.2, -0.15) is 0 Å². The van der Waals surface area contributed by atoms with E-state index in [4.69, 9.17) is 0 Å². The van der Waals surface area contributed by atoms with Crippen molar-refractivity contribution in [2.45, 2.75) is 45.6 Å². The van der Waals surface area contributed by atoms with Gasteiger partial charge in [-0.15, -0.1) is 11.3 Å². The summed E-state index contributed by atoms with van der Waals surface area (Å²) in [6.07, 6.45) is 1.00. The number of halogens is 1. The maximum Gasteiger partial charge on any atom is 0.137 e. The molecule has 108 valence electrons. The van der Waals surface area contributed by atoms with Gasteiger partial charge in [0.2, 0.25) is 0 Å². The molecule has 0 bridgehead atoms. The number of anilines is 1. The monoisotopic (exact) mass is 353 g/mol.